The summed E-state index contributed by atoms with van der Waals surface area (Å²) in [5.41, 5.74) is 0. The van der Waals surface area contributed by atoms with Crippen LogP contribution in [-0.4, -0.2) is 26.0 Å². The minimum Gasteiger partial charge on any atom is -0.356 e. The number of carbonyl (C=O) groups is 1. The van der Waals surface area contributed by atoms with Crippen LogP contribution >= 0.6 is 0 Å². The third kappa shape index (κ3) is 11.4. The Kier molecular flexibility index (Phi) is 9.59. The lowest BCUT2D eigenvalue weighted by atomic mass is 10.1. The molecule has 15 heavy (non-hydrogen) atoms. The summed E-state index contributed by atoms with van der Waals surface area (Å²) in [6.07, 6.45) is 5.02. The molecule has 3 heteroatoms. The number of carbonyl (C=O) groups excluding carboxylic acids is 1. The van der Waals surface area contributed by atoms with Crippen molar-refractivity contribution in [1.82, 2.24) is 10.6 Å². The maximum Gasteiger partial charge on any atom is 0.219 e. The monoisotopic (exact) mass is 214 g/mol. The first kappa shape index (κ1) is 14.4. The quantitative estimate of drug-likeness (QED) is 0.576. The van der Waals surface area contributed by atoms with E-state index in [4.69, 9.17) is 0 Å². The highest BCUT2D eigenvalue weighted by Crippen LogP contribution is 2.02. The van der Waals surface area contributed by atoms with Gasteiger partial charge in [-0.05, 0) is 45.2 Å². The maximum atomic E-state index is 11.3. The van der Waals surface area contributed by atoms with Crippen molar-refractivity contribution in [2.75, 3.05) is 20.1 Å². The van der Waals surface area contributed by atoms with E-state index in [0.717, 1.165) is 38.3 Å². The summed E-state index contributed by atoms with van der Waals surface area (Å²) < 4.78 is 0. The van der Waals surface area contributed by atoms with Crippen LogP contribution in [0.2, 0.25) is 0 Å². The molecule has 0 unspecified atom stereocenters. The number of nitrogens with one attached hydrogen (secondary N) is 2. The molecule has 1 amide bonds. The first-order valence-electron chi connectivity index (χ1n) is 6.08. The Morgan fingerprint density at radius 2 is 1.87 bits per heavy atom. The molecule has 0 aliphatic rings. The van der Waals surface area contributed by atoms with Crippen LogP contribution in [0.3, 0.4) is 0 Å². The van der Waals surface area contributed by atoms with Crippen molar-refractivity contribution in [2.45, 2.75) is 46.0 Å². The number of unbranched alkanes of at least 4 members (excludes halogenated alkanes) is 1. The predicted molar refractivity (Wildman–Crippen MR) is 64.9 cm³/mol. The third-order valence-electron chi connectivity index (χ3n) is 2.36. The number of amides is 1. The van der Waals surface area contributed by atoms with E-state index in [0.29, 0.717) is 6.42 Å². The van der Waals surface area contributed by atoms with Crippen molar-refractivity contribution in [3.05, 3.63) is 0 Å². The zero-order chi connectivity index (χ0) is 11.5. The molecule has 0 aromatic rings. The molecule has 0 saturated heterocycles. The van der Waals surface area contributed by atoms with E-state index in [1.807, 2.05) is 7.05 Å². The van der Waals surface area contributed by atoms with Gasteiger partial charge in [-0.2, -0.15) is 0 Å². The van der Waals surface area contributed by atoms with Gasteiger partial charge in [-0.15, -0.1) is 0 Å². The SMILES string of the molecule is CNCCCCC(=O)NCCCC(C)C. The lowest BCUT2D eigenvalue weighted by Gasteiger charge is -2.06. The Balaban J connectivity index is 3.19. The minimum absolute atomic E-state index is 0.204. The fourth-order valence-corrected chi connectivity index (χ4v) is 1.41. The van der Waals surface area contributed by atoms with Crippen molar-refractivity contribution in [2.24, 2.45) is 5.92 Å². The molecule has 0 aromatic carbocycles. The second-order valence-corrected chi connectivity index (χ2v) is 4.45. The van der Waals surface area contributed by atoms with Gasteiger partial charge in [0.25, 0.3) is 0 Å². The Morgan fingerprint density at radius 1 is 1.13 bits per heavy atom. The molecule has 3 nitrogen and oxygen atoms in total. The molecule has 0 aliphatic heterocycles. The first-order chi connectivity index (χ1) is 7.16. The van der Waals surface area contributed by atoms with Crippen LogP contribution in [-0.2, 0) is 4.79 Å². The summed E-state index contributed by atoms with van der Waals surface area (Å²) in [5, 5.41) is 6.03. The molecule has 0 radical (unpaired) electrons. The van der Waals surface area contributed by atoms with Crippen LogP contribution in [0, 0.1) is 5.92 Å². The largest absolute Gasteiger partial charge is 0.356 e. The first-order valence-corrected chi connectivity index (χ1v) is 6.08. The van der Waals surface area contributed by atoms with Gasteiger partial charge in [0.1, 0.15) is 0 Å². The molecular formula is C12H26N2O. The summed E-state index contributed by atoms with van der Waals surface area (Å²) >= 11 is 0. The van der Waals surface area contributed by atoms with Crippen molar-refractivity contribution >= 4 is 5.91 Å². The van der Waals surface area contributed by atoms with Gasteiger partial charge in [-0.1, -0.05) is 13.8 Å². The molecule has 0 aliphatic carbocycles. The zero-order valence-electron chi connectivity index (χ0n) is 10.4. The van der Waals surface area contributed by atoms with Gasteiger partial charge in [0.15, 0.2) is 0 Å². The van der Waals surface area contributed by atoms with Crippen molar-refractivity contribution in [3.63, 3.8) is 0 Å². The molecule has 0 spiro atoms. The van der Waals surface area contributed by atoms with Gasteiger partial charge in [-0.3, -0.25) is 4.79 Å². The van der Waals surface area contributed by atoms with E-state index >= 15 is 0 Å². The summed E-state index contributed by atoms with van der Waals surface area (Å²) in [7, 11) is 1.94. The average Bonchev–Trinajstić information content (AvgIpc) is 2.19. The number of hydrogen-bond donors (Lipinski definition) is 2. The van der Waals surface area contributed by atoms with Crippen molar-refractivity contribution in [1.29, 1.82) is 0 Å². The fourth-order valence-electron chi connectivity index (χ4n) is 1.41. The molecule has 0 saturated carbocycles. The highest BCUT2D eigenvalue weighted by molar-refractivity contribution is 5.75. The number of hydrogen-bond acceptors (Lipinski definition) is 2. The molecule has 0 fully saturated rings. The topological polar surface area (TPSA) is 41.1 Å². The smallest absolute Gasteiger partial charge is 0.219 e. The second-order valence-electron chi connectivity index (χ2n) is 4.45. The third-order valence-corrected chi connectivity index (χ3v) is 2.36. The van der Waals surface area contributed by atoms with Gasteiger partial charge in [0.2, 0.25) is 5.91 Å². The van der Waals surface area contributed by atoms with Crippen LogP contribution in [0.25, 0.3) is 0 Å². The summed E-state index contributed by atoms with van der Waals surface area (Å²) in [5.74, 6) is 0.937. The summed E-state index contributed by atoms with van der Waals surface area (Å²) in [4.78, 5) is 11.3. The van der Waals surface area contributed by atoms with Gasteiger partial charge in [-0.25, -0.2) is 0 Å². The molecule has 0 aromatic heterocycles. The van der Waals surface area contributed by atoms with Gasteiger partial charge >= 0.3 is 0 Å². The van der Waals surface area contributed by atoms with E-state index in [-0.39, 0.29) is 5.91 Å². The molecular weight excluding hydrogens is 188 g/mol. The minimum atomic E-state index is 0.204. The maximum absolute atomic E-state index is 11.3. The summed E-state index contributed by atoms with van der Waals surface area (Å²) in [6.45, 7) is 6.25. The molecule has 0 rings (SSSR count). The van der Waals surface area contributed by atoms with Gasteiger partial charge < -0.3 is 10.6 Å². The molecule has 0 bridgehead atoms. The average molecular weight is 214 g/mol. The van der Waals surface area contributed by atoms with Crippen LogP contribution in [0.5, 0.6) is 0 Å². The Morgan fingerprint density at radius 3 is 2.47 bits per heavy atom. The van der Waals surface area contributed by atoms with E-state index in [1.54, 1.807) is 0 Å². The van der Waals surface area contributed by atoms with E-state index in [9.17, 15) is 4.79 Å². The van der Waals surface area contributed by atoms with Crippen LogP contribution in [0.1, 0.15) is 46.0 Å². The van der Waals surface area contributed by atoms with E-state index < -0.39 is 0 Å². The lowest BCUT2D eigenvalue weighted by molar-refractivity contribution is -0.121. The Bertz CT molecular complexity index is 158. The van der Waals surface area contributed by atoms with E-state index in [1.165, 1.54) is 6.42 Å². The lowest BCUT2D eigenvalue weighted by Crippen LogP contribution is -2.24. The molecule has 2 N–H and O–H groups in total. The van der Waals surface area contributed by atoms with Gasteiger partial charge in [0, 0.05) is 13.0 Å². The van der Waals surface area contributed by atoms with Crippen LogP contribution in [0.15, 0.2) is 0 Å². The summed E-state index contributed by atoms with van der Waals surface area (Å²) in [6, 6.07) is 0. The number of rotatable bonds is 9. The standard InChI is InChI=1S/C12H26N2O/c1-11(2)7-6-10-14-12(15)8-4-5-9-13-3/h11,13H,4-10H2,1-3H3,(H,14,15). The van der Waals surface area contributed by atoms with Crippen molar-refractivity contribution < 1.29 is 4.79 Å². The fraction of sp³-hybridized carbons (Fsp3) is 0.917. The molecule has 0 atom stereocenters. The normalized spacial score (nSPS) is 10.7. The van der Waals surface area contributed by atoms with Crippen LogP contribution < -0.4 is 10.6 Å². The molecule has 90 valence electrons. The Hall–Kier alpha value is -0.570. The second kappa shape index (κ2) is 9.97. The van der Waals surface area contributed by atoms with Crippen LogP contribution in [0.4, 0.5) is 0 Å². The molecule has 0 heterocycles. The van der Waals surface area contributed by atoms with Gasteiger partial charge in [0.05, 0.1) is 0 Å². The zero-order valence-corrected chi connectivity index (χ0v) is 10.4. The van der Waals surface area contributed by atoms with E-state index in [2.05, 4.69) is 24.5 Å². The Labute approximate surface area is 94.0 Å². The predicted octanol–water partition coefficient (Wildman–Crippen LogP) is 1.93. The highest BCUT2D eigenvalue weighted by Gasteiger charge is 2.00. The highest BCUT2D eigenvalue weighted by atomic mass is 16.1. The van der Waals surface area contributed by atoms with Crippen molar-refractivity contribution in [3.8, 4) is 0 Å².